The summed E-state index contributed by atoms with van der Waals surface area (Å²) >= 11 is 0. The zero-order chi connectivity index (χ0) is 61.9. The van der Waals surface area contributed by atoms with E-state index in [0.717, 1.165) is 21.9 Å². The molecule has 0 bridgehead atoms. The fourth-order valence-electron chi connectivity index (χ4n) is 9.31. The average Bonchev–Trinajstić information content (AvgIpc) is 1.47. The van der Waals surface area contributed by atoms with Crippen LogP contribution < -0.4 is 9.30 Å². The Balaban J connectivity index is 0.00000754. The smallest absolute Gasteiger partial charge is 0.253 e. The zero-order valence-electron chi connectivity index (χ0n) is 55.4. The molecule has 0 saturated carbocycles. The van der Waals surface area contributed by atoms with Crippen LogP contribution in [0, 0.1) is 12.1 Å². The van der Waals surface area contributed by atoms with Gasteiger partial charge in [0.05, 0.1) is 24.7 Å². The molecule has 1 aliphatic heterocycles. The van der Waals surface area contributed by atoms with Crippen LogP contribution in [-0.4, -0.2) is 14.1 Å². The first kappa shape index (κ1) is 27.8. The van der Waals surface area contributed by atoms with Gasteiger partial charge in [0.25, 0.3) is 6.33 Å². The molecular formula is C64H45N4OPt-. The molecule has 0 saturated heterocycles. The third-order valence-corrected chi connectivity index (χ3v) is 12.4. The van der Waals surface area contributed by atoms with Gasteiger partial charge < -0.3 is 9.30 Å². The van der Waals surface area contributed by atoms with Crippen molar-refractivity contribution in [3.05, 3.63) is 236 Å². The molecule has 13 rings (SSSR count). The summed E-state index contributed by atoms with van der Waals surface area (Å²) in [5.41, 5.74) is 0.722. The Labute approximate surface area is 447 Å². The number of rotatable bonds is 6. The Bertz CT molecular complexity index is 5020. The van der Waals surface area contributed by atoms with Gasteiger partial charge in [-0.2, -0.15) is 16.7 Å². The second kappa shape index (κ2) is 17.1. The summed E-state index contributed by atoms with van der Waals surface area (Å²) in [7, 11) is 0. The van der Waals surface area contributed by atoms with Crippen molar-refractivity contribution < 1.29 is 55.0 Å². The minimum absolute atomic E-state index is 0. The predicted molar refractivity (Wildman–Crippen MR) is 281 cm³/mol. The molecule has 0 fully saturated rings. The van der Waals surface area contributed by atoms with E-state index in [9.17, 15) is 12.3 Å². The number of imidazole rings is 1. The Kier molecular flexibility index (Phi) is 6.80. The number of hydrogen-bond acceptors (Lipinski definition) is 2. The van der Waals surface area contributed by atoms with Crippen LogP contribution in [0.1, 0.15) is 51.0 Å². The molecule has 5 nitrogen and oxygen atoms in total. The number of ether oxygens (including phenoxy) is 1. The first-order chi connectivity index (χ1) is 41.3. The van der Waals surface area contributed by atoms with Crippen LogP contribution in [0.2, 0.25) is 0 Å². The van der Waals surface area contributed by atoms with Crippen LogP contribution >= 0.6 is 0 Å². The summed E-state index contributed by atoms with van der Waals surface area (Å²) in [5, 5.41) is 1.84. The summed E-state index contributed by atoms with van der Waals surface area (Å²) in [6.07, 6.45) is 3.31. The predicted octanol–water partition coefficient (Wildman–Crippen LogP) is 15.7. The summed E-state index contributed by atoms with van der Waals surface area (Å²) in [4.78, 5) is 4.81. The Morgan fingerprint density at radius 2 is 1.19 bits per heavy atom. The molecule has 0 spiro atoms. The van der Waals surface area contributed by atoms with Gasteiger partial charge >= 0.3 is 0 Å². The number of para-hydroxylation sites is 2. The van der Waals surface area contributed by atoms with Crippen LogP contribution in [0.3, 0.4) is 0 Å². The molecule has 0 radical (unpaired) electrons. The monoisotopic (exact) mass is 1100 g/mol. The quantitative estimate of drug-likeness (QED) is 0.123. The molecule has 12 aromatic rings. The van der Waals surface area contributed by atoms with Crippen LogP contribution in [0.4, 0.5) is 0 Å². The Morgan fingerprint density at radius 3 is 1.93 bits per heavy atom. The van der Waals surface area contributed by atoms with Gasteiger partial charge in [0.2, 0.25) is 0 Å². The molecule has 0 aliphatic carbocycles. The molecule has 1 aliphatic rings. The van der Waals surface area contributed by atoms with Crippen LogP contribution in [0.15, 0.2) is 218 Å². The third kappa shape index (κ3) is 7.20. The fourth-order valence-corrected chi connectivity index (χ4v) is 9.31. The maximum Gasteiger partial charge on any atom is 0.253 e. The summed E-state index contributed by atoms with van der Waals surface area (Å²) in [5.74, 6) is 1.13. The molecule has 0 unspecified atom stereocenters. The number of pyridine rings is 1. The fraction of sp³-hybridized carbons (Fsp3) is 0.0625. The Morgan fingerprint density at radius 1 is 0.543 bits per heavy atom. The second-order valence-electron chi connectivity index (χ2n) is 17.5. The van der Waals surface area contributed by atoms with Crippen molar-refractivity contribution in [1.82, 2.24) is 14.1 Å². The first-order valence-corrected chi connectivity index (χ1v) is 22.1. The van der Waals surface area contributed by atoms with Crippen molar-refractivity contribution in [2.45, 2.75) is 26.2 Å². The molecule has 0 N–H and O–H groups in total. The van der Waals surface area contributed by atoms with Crippen LogP contribution in [0.25, 0.3) is 106 Å². The molecule has 70 heavy (non-hydrogen) atoms. The molecule has 4 heterocycles. The van der Waals surface area contributed by atoms with Crippen molar-refractivity contribution in [3.8, 4) is 84.3 Å². The van der Waals surface area contributed by atoms with E-state index in [4.69, 9.17) is 22.1 Å². The van der Waals surface area contributed by atoms with Crippen molar-refractivity contribution in [3.63, 3.8) is 0 Å². The van der Waals surface area contributed by atoms with Crippen LogP contribution in [-0.2, 0) is 26.5 Å². The maximum absolute atomic E-state index is 9.82. The van der Waals surface area contributed by atoms with Gasteiger partial charge in [-0.15, -0.1) is 29.7 Å². The van der Waals surface area contributed by atoms with Crippen molar-refractivity contribution >= 4 is 32.8 Å². The van der Waals surface area contributed by atoms with E-state index >= 15 is 0 Å². The molecule has 0 amide bonds. The van der Waals surface area contributed by atoms with Crippen molar-refractivity contribution in [2.75, 3.05) is 0 Å². The molecule has 0 atom stereocenters. The molecule has 338 valence electrons. The van der Waals surface area contributed by atoms with E-state index in [-0.39, 0.29) is 110 Å². The van der Waals surface area contributed by atoms with Gasteiger partial charge in [0.15, 0.2) is 11.0 Å². The summed E-state index contributed by atoms with van der Waals surface area (Å²) < 4.78 is 177. The van der Waals surface area contributed by atoms with E-state index in [1.807, 2.05) is 47.0 Å². The van der Waals surface area contributed by atoms with E-state index in [1.165, 1.54) is 41.2 Å². The number of hydrogen-bond donors (Lipinski definition) is 0. The van der Waals surface area contributed by atoms with Gasteiger partial charge in [-0.25, -0.2) is 9.55 Å². The number of nitrogens with zero attached hydrogens (tertiary/aromatic N) is 4. The molecule has 6 heteroatoms. The molecular weight excluding hydrogens is 1040 g/mol. The van der Waals surface area contributed by atoms with Gasteiger partial charge in [-0.1, -0.05) is 178 Å². The number of benzene rings is 9. The zero-order valence-corrected chi connectivity index (χ0v) is 39.7. The standard InChI is InChI=1S/C64H45N4O.Pt/c1-64(2,3)45-34-35-65-61(38-45)68-58-31-15-14-28-54(58)55-33-32-48(40-59(55)68)69-47-23-16-22-46(39-47)66-41-67-62-49(43-20-8-5-9-21-43)29-17-30-56(62)52-26-12-10-24-50(52)51-25-11-13-27-53(51)57-36-44(37-60(66)63(57)67)42-18-6-4-7-19-42;/h4-38,41H,1-3H3;/q-1;/i4D,5D,6D,7D,8D,9D,10D,11D,12D,13D,18D,19D,20D,21D,24D,25D,26D,27D;. The topological polar surface area (TPSA) is 35.9 Å². The molecule has 3 aromatic heterocycles. The number of aromatic nitrogens is 4. The van der Waals surface area contributed by atoms with E-state index < -0.39 is 109 Å². The van der Waals surface area contributed by atoms with Crippen molar-refractivity contribution in [1.29, 1.82) is 0 Å². The first-order valence-electron chi connectivity index (χ1n) is 31.1. The van der Waals surface area contributed by atoms with Crippen LogP contribution in [0.5, 0.6) is 11.5 Å². The Hall–Kier alpha value is -8.11. The van der Waals surface area contributed by atoms with E-state index in [1.54, 1.807) is 35.0 Å². The number of fused-ring (bicyclic) bond motifs is 10. The normalized spacial score (nSPS) is 15.4. The van der Waals surface area contributed by atoms with Gasteiger partial charge in [0.1, 0.15) is 11.5 Å². The average molecular weight is 1100 g/mol. The minimum Gasteiger partial charge on any atom is -0.509 e. The van der Waals surface area contributed by atoms with Gasteiger partial charge in [-0.05, 0) is 85.6 Å². The third-order valence-electron chi connectivity index (χ3n) is 12.4. The SMILES string of the molecule is [2H]c1c([2H])c([2H])c(-c2cc3c4c(c2)n(-c2[c-]c(Oc5[c-]c6c(cc5)c5ccccc5n6-c5cc(C(C)(C)C)ccn5)ccc2)c[n+]4-c2c(-c4c([2H])c([2H])c([2H])c([2H])c4[2H])cccc2-c2c([2H])c([2H])c([2H])c([2H])c2-c2c([2H])c([2H])c([2H])c([2H])c2-3)c([2H])c1[2H].[Pt]. The second-order valence-corrected chi connectivity index (χ2v) is 17.5. The molecule has 9 aromatic carbocycles. The maximum atomic E-state index is 9.82. The van der Waals surface area contributed by atoms with E-state index in [0.29, 0.717) is 17.1 Å². The van der Waals surface area contributed by atoms with Gasteiger partial charge in [-0.3, -0.25) is 0 Å². The summed E-state index contributed by atoms with van der Waals surface area (Å²) in [6, 6.07) is 22.7. The largest absolute Gasteiger partial charge is 0.509 e. The van der Waals surface area contributed by atoms with Crippen molar-refractivity contribution in [2.24, 2.45) is 0 Å². The van der Waals surface area contributed by atoms with E-state index in [2.05, 4.69) is 32.9 Å². The van der Waals surface area contributed by atoms with Gasteiger partial charge in [0, 0.05) is 66.7 Å². The summed E-state index contributed by atoms with van der Waals surface area (Å²) in [6.45, 7) is 6.38. The minimum atomic E-state index is -0.761.